The molecule has 5 heteroatoms. The van der Waals surface area contributed by atoms with Crippen molar-refractivity contribution in [3.63, 3.8) is 0 Å². The van der Waals surface area contributed by atoms with Gasteiger partial charge in [0.2, 0.25) is 5.91 Å². The van der Waals surface area contributed by atoms with E-state index < -0.39 is 11.9 Å². The number of carbonyl (C=O) groups excluding carboxylic acids is 1. The number of hydrogen-bond donors (Lipinski definition) is 2. The standard InChI is InChI=1S/C11H19NO4/c1-2-3-5-16-6-4-12-10(13)8-7-9(8)11(14)15/h8-9H,2-7H2,1H3,(H,12,13)(H,14,15). The lowest BCUT2D eigenvalue weighted by Crippen LogP contribution is -2.29. The van der Waals surface area contributed by atoms with Crippen molar-refractivity contribution in [2.24, 2.45) is 11.8 Å². The Labute approximate surface area is 95.2 Å². The fourth-order valence-corrected chi connectivity index (χ4v) is 1.48. The van der Waals surface area contributed by atoms with Gasteiger partial charge >= 0.3 is 5.97 Å². The molecule has 92 valence electrons. The summed E-state index contributed by atoms with van der Waals surface area (Å²) in [6.07, 6.45) is 2.59. The summed E-state index contributed by atoms with van der Waals surface area (Å²) < 4.78 is 5.27. The summed E-state index contributed by atoms with van der Waals surface area (Å²) in [6.45, 7) is 3.76. The number of nitrogens with one attached hydrogen (secondary N) is 1. The Morgan fingerprint density at radius 1 is 1.38 bits per heavy atom. The first-order chi connectivity index (χ1) is 7.66. The molecule has 0 aromatic rings. The van der Waals surface area contributed by atoms with Crippen LogP contribution in [0.1, 0.15) is 26.2 Å². The maximum Gasteiger partial charge on any atom is 0.307 e. The number of carboxylic acids is 1. The van der Waals surface area contributed by atoms with Crippen molar-refractivity contribution in [1.82, 2.24) is 5.32 Å². The highest BCUT2D eigenvalue weighted by atomic mass is 16.5. The maximum atomic E-state index is 11.4. The molecule has 0 heterocycles. The predicted octanol–water partition coefficient (Wildman–Crippen LogP) is 0.640. The largest absolute Gasteiger partial charge is 0.481 e. The quantitative estimate of drug-likeness (QED) is 0.599. The van der Waals surface area contributed by atoms with Crippen molar-refractivity contribution in [2.75, 3.05) is 19.8 Å². The normalized spacial score (nSPS) is 22.8. The van der Waals surface area contributed by atoms with E-state index in [1.165, 1.54) is 0 Å². The third-order valence-electron chi connectivity index (χ3n) is 2.63. The van der Waals surface area contributed by atoms with Crippen molar-refractivity contribution in [3.05, 3.63) is 0 Å². The zero-order valence-corrected chi connectivity index (χ0v) is 9.57. The van der Waals surface area contributed by atoms with Crippen molar-refractivity contribution >= 4 is 11.9 Å². The molecule has 0 aromatic carbocycles. The van der Waals surface area contributed by atoms with E-state index in [4.69, 9.17) is 9.84 Å². The summed E-state index contributed by atoms with van der Waals surface area (Å²) in [4.78, 5) is 21.9. The molecule has 0 saturated heterocycles. The van der Waals surface area contributed by atoms with Crippen LogP contribution >= 0.6 is 0 Å². The van der Waals surface area contributed by atoms with Crippen LogP contribution in [-0.2, 0) is 14.3 Å². The van der Waals surface area contributed by atoms with Crippen LogP contribution in [0.15, 0.2) is 0 Å². The molecule has 1 aliphatic rings. The lowest BCUT2D eigenvalue weighted by atomic mass is 10.3. The van der Waals surface area contributed by atoms with Gasteiger partial charge in [-0.3, -0.25) is 9.59 Å². The van der Waals surface area contributed by atoms with E-state index in [0.717, 1.165) is 12.8 Å². The van der Waals surface area contributed by atoms with Gasteiger partial charge in [0.25, 0.3) is 0 Å². The van der Waals surface area contributed by atoms with Crippen LogP contribution in [-0.4, -0.2) is 36.7 Å². The number of rotatable bonds is 8. The summed E-state index contributed by atoms with van der Waals surface area (Å²) in [6, 6.07) is 0. The summed E-state index contributed by atoms with van der Waals surface area (Å²) in [5, 5.41) is 11.3. The van der Waals surface area contributed by atoms with Crippen LogP contribution in [0.2, 0.25) is 0 Å². The average Bonchev–Trinajstić information content (AvgIpc) is 3.02. The second kappa shape index (κ2) is 6.48. The lowest BCUT2D eigenvalue weighted by Gasteiger charge is -2.05. The smallest absolute Gasteiger partial charge is 0.307 e. The van der Waals surface area contributed by atoms with Gasteiger partial charge in [-0.05, 0) is 12.8 Å². The average molecular weight is 229 g/mol. The molecule has 2 unspecified atom stereocenters. The second-order valence-corrected chi connectivity index (χ2v) is 4.04. The van der Waals surface area contributed by atoms with E-state index in [0.29, 0.717) is 26.2 Å². The van der Waals surface area contributed by atoms with Crippen LogP contribution in [0.4, 0.5) is 0 Å². The number of amides is 1. The first kappa shape index (κ1) is 13.0. The molecule has 0 spiro atoms. The zero-order chi connectivity index (χ0) is 12.0. The van der Waals surface area contributed by atoms with Gasteiger partial charge in [0.1, 0.15) is 0 Å². The molecule has 0 aromatic heterocycles. The Bertz CT molecular complexity index is 254. The topological polar surface area (TPSA) is 75.6 Å². The first-order valence-electron chi connectivity index (χ1n) is 5.75. The molecule has 2 N–H and O–H groups in total. The molecule has 5 nitrogen and oxygen atoms in total. The van der Waals surface area contributed by atoms with Gasteiger partial charge in [-0.15, -0.1) is 0 Å². The van der Waals surface area contributed by atoms with Gasteiger partial charge in [-0.2, -0.15) is 0 Å². The Hall–Kier alpha value is -1.10. The summed E-state index contributed by atoms with van der Waals surface area (Å²) >= 11 is 0. The van der Waals surface area contributed by atoms with E-state index in [1.807, 2.05) is 0 Å². The molecule has 16 heavy (non-hydrogen) atoms. The van der Waals surface area contributed by atoms with Gasteiger partial charge < -0.3 is 15.2 Å². The number of aliphatic carboxylic acids is 1. The van der Waals surface area contributed by atoms with E-state index in [2.05, 4.69) is 12.2 Å². The zero-order valence-electron chi connectivity index (χ0n) is 9.57. The molecular formula is C11H19NO4. The number of unbranched alkanes of at least 4 members (excludes halogenated alkanes) is 1. The number of ether oxygens (including phenoxy) is 1. The molecule has 2 atom stereocenters. The van der Waals surface area contributed by atoms with E-state index in [-0.39, 0.29) is 11.8 Å². The van der Waals surface area contributed by atoms with Crippen LogP contribution in [0.3, 0.4) is 0 Å². The minimum Gasteiger partial charge on any atom is -0.481 e. The van der Waals surface area contributed by atoms with Gasteiger partial charge in [0.15, 0.2) is 0 Å². The monoisotopic (exact) mass is 229 g/mol. The minimum absolute atomic E-state index is 0.161. The fraction of sp³-hybridized carbons (Fsp3) is 0.818. The highest BCUT2D eigenvalue weighted by Gasteiger charge is 2.48. The van der Waals surface area contributed by atoms with Crippen LogP contribution < -0.4 is 5.32 Å². The second-order valence-electron chi connectivity index (χ2n) is 4.04. The first-order valence-corrected chi connectivity index (χ1v) is 5.75. The van der Waals surface area contributed by atoms with Crippen molar-refractivity contribution < 1.29 is 19.4 Å². The van der Waals surface area contributed by atoms with Gasteiger partial charge in [0, 0.05) is 13.2 Å². The number of hydrogen-bond acceptors (Lipinski definition) is 3. The van der Waals surface area contributed by atoms with Crippen molar-refractivity contribution in [2.45, 2.75) is 26.2 Å². The molecular weight excluding hydrogens is 210 g/mol. The Balaban J connectivity index is 1.98. The summed E-state index contributed by atoms with van der Waals surface area (Å²) in [5.41, 5.74) is 0. The molecule has 0 bridgehead atoms. The van der Waals surface area contributed by atoms with Crippen LogP contribution in [0, 0.1) is 11.8 Å². The molecule has 1 rings (SSSR count). The highest BCUT2D eigenvalue weighted by molar-refractivity contribution is 5.89. The summed E-state index contributed by atoms with van der Waals surface area (Å²) in [5.74, 6) is -1.83. The molecule has 0 radical (unpaired) electrons. The Morgan fingerprint density at radius 3 is 2.69 bits per heavy atom. The van der Waals surface area contributed by atoms with E-state index in [9.17, 15) is 9.59 Å². The Kier molecular flexibility index (Phi) is 5.25. The third-order valence-corrected chi connectivity index (χ3v) is 2.63. The molecule has 1 fully saturated rings. The Morgan fingerprint density at radius 2 is 2.12 bits per heavy atom. The maximum absolute atomic E-state index is 11.4. The molecule has 0 aliphatic heterocycles. The van der Waals surface area contributed by atoms with E-state index in [1.54, 1.807) is 0 Å². The third kappa shape index (κ3) is 4.18. The van der Waals surface area contributed by atoms with Gasteiger partial charge in [-0.1, -0.05) is 13.3 Å². The van der Waals surface area contributed by atoms with E-state index >= 15 is 0 Å². The van der Waals surface area contributed by atoms with Crippen molar-refractivity contribution in [1.29, 1.82) is 0 Å². The summed E-state index contributed by atoms with van der Waals surface area (Å²) in [7, 11) is 0. The van der Waals surface area contributed by atoms with Crippen LogP contribution in [0.25, 0.3) is 0 Å². The highest BCUT2D eigenvalue weighted by Crippen LogP contribution is 2.38. The van der Waals surface area contributed by atoms with Crippen LogP contribution in [0.5, 0.6) is 0 Å². The molecule has 1 saturated carbocycles. The number of carboxylic acid groups (broad SMARTS) is 1. The molecule has 1 aliphatic carbocycles. The predicted molar refractivity (Wildman–Crippen MR) is 58.0 cm³/mol. The van der Waals surface area contributed by atoms with Gasteiger partial charge in [-0.25, -0.2) is 0 Å². The fourth-order valence-electron chi connectivity index (χ4n) is 1.48. The number of carbonyl (C=O) groups is 2. The lowest BCUT2D eigenvalue weighted by molar-refractivity contribution is -0.140. The van der Waals surface area contributed by atoms with Crippen molar-refractivity contribution in [3.8, 4) is 0 Å². The van der Waals surface area contributed by atoms with Gasteiger partial charge in [0.05, 0.1) is 18.4 Å². The SMILES string of the molecule is CCCCOCCNC(=O)C1CC1C(=O)O. The molecule has 1 amide bonds. The minimum atomic E-state index is -0.876.